The minimum absolute atomic E-state index is 0.0600. The molecule has 6 unspecified atom stereocenters. The van der Waals surface area contributed by atoms with Crippen molar-refractivity contribution in [1.29, 1.82) is 0 Å². The Morgan fingerprint density at radius 2 is 1.93 bits per heavy atom. The highest BCUT2D eigenvalue weighted by atomic mass is 16.1. The molecule has 6 atom stereocenters. The molecule has 0 aromatic carbocycles. The van der Waals surface area contributed by atoms with E-state index in [9.17, 15) is 9.59 Å². The summed E-state index contributed by atoms with van der Waals surface area (Å²) in [7, 11) is 0. The van der Waals surface area contributed by atoms with E-state index in [2.05, 4.69) is 40.7 Å². The summed E-state index contributed by atoms with van der Waals surface area (Å²) in [6.45, 7) is 11.6. The molecule has 4 aliphatic rings. The van der Waals surface area contributed by atoms with Gasteiger partial charge in [0, 0.05) is 18.8 Å². The van der Waals surface area contributed by atoms with Crippen molar-refractivity contribution in [3.63, 3.8) is 0 Å². The average Bonchev–Trinajstić information content (AvgIpc) is 2.98. The van der Waals surface area contributed by atoms with Crippen molar-refractivity contribution in [2.75, 3.05) is 0 Å². The minimum atomic E-state index is -0.0600. The van der Waals surface area contributed by atoms with Crippen LogP contribution >= 0.6 is 0 Å². The Balaban J connectivity index is 1.60. The van der Waals surface area contributed by atoms with Gasteiger partial charge in [-0.1, -0.05) is 44.9 Å². The van der Waals surface area contributed by atoms with Crippen LogP contribution in [0.3, 0.4) is 0 Å². The fourth-order valence-corrected chi connectivity index (χ4v) is 7.92. The van der Waals surface area contributed by atoms with E-state index in [1.165, 1.54) is 36.8 Å². The van der Waals surface area contributed by atoms with Crippen LogP contribution in [0.4, 0.5) is 0 Å². The topological polar surface area (TPSA) is 34.1 Å². The van der Waals surface area contributed by atoms with Gasteiger partial charge in [-0.15, -0.1) is 0 Å². The Labute approximate surface area is 177 Å². The monoisotopic (exact) mass is 396 g/mol. The maximum Gasteiger partial charge on any atom is 0.155 e. The molecule has 0 bridgehead atoms. The van der Waals surface area contributed by atoms with Crippen LogP contribution in [0.25, 0.3) is 0 Å². The van der Waals surface area contributed by atoms with Crippen molar-refractivity contribution in [2.24, 2.45) is 40.4 Å². The summed E-state index contributed by atoms with van der Waals surface area (Å²) in [6.07, 6.45) is 13.7. The zero-order chi connectivity index (χ0) is 21.0. The number of ketones is 2. The minimum Gasteiger partial charge on any atom is -0.299 e. The number of rotatable bonds is 4. The molecule has 4 rings (SSSR count). The molecule has 0 amide bonds. The molecule has 0 spiro atoms. The van der Waals surface area contributed by atoms with E-state index in [0.717, 1.165) is 31.6 Å². The lowest BCUT2D eigenvalue weighted by Crippen LogP contribution is -2.54. The van der Waals surface area contributed by atoms with Crippen molar-refractivity contribution in [2.45, 2.75) is 92.4 Å². The molecule has 160 valence electrons. The van der Waals surface area contributed by atoms with Crippen molar-refractivity contribution >= 4 is 11.6 Å². The number of carbonyl (C=O) groups is 2. The fraction of sp³-hybridized carbons (Fsp3) is 0.778. The Hall–Kier alpha value is -1.18. The molecule has 0 aliphatic heterocycles. The summed E-state index contributed by atoms with van der Waals surface area (Å²) in [5, 5.41) is 0. The Bertz CT molecular complexity index is 756. The molecule has 29 heavy (non-hydrogen) atoms. The molecule has 0 N–H and O–H groups in total. The SMILES string of the molecule is C/C(=C\CCC(C)C)C1CCC2C3CCC4=CC(=O)CCC4(C)C3C(=O)CC12C. The van der Waals surface area contributed by atoms with Gasteiger partial charge in [-0.2, -0.15) is 0 Å². The standard InChI is InChI=1S/C27H40O2/c1-17(2)7-6-8-18(3)22-11-12-23-21-10-9-19-15-20(28)13-14-26(19,4)25(21)24(29)16-27(22,23)5/h8,15,17,21-23,25H,6-7,9-14,16H2,1-5H3/b18-8+. The van der Waals surface area contributed by atoms with Gasteiger partial charge in [0.25, 0.3) is 0 Å². The molecule has 0 aromatic heterocycles. The van der Waals surface area contributed by atoms with Crippen LogP contribution in [0.5, 0.6) is 0 Å². The molecular formula is C27H40O2. The second kappa shape index (κ2) is 7.50. The molecule has 0 radical (unpaired) electrons. The highest BCUT2D eigenvalue weighted by Crippen LogP contribution is 2.66. The molecular weight excluding hydrogens is 356 g/mol. The molecule has 0 aromatic rings. The predicted molar refractivity (Wildman–Crippen MR) is 118 cm³/mol. The average molecular weight is 397 g/mol. The number of fused-ring (bicyclic) bond motifs is 5. The van der Waals surface area contributed by atoms with Gasteiger partial charge in [0.1, 0.15) is 5.78 Å². The lowest BCUT2D eigenvalue weighted by molar-refractivity contribution is -0.145. The highest BCUT2D eigenvalue weighted by Gasteiger charge is 2.62. The van der Waals surface area contributed by atoms with Gasteiger partial charge in [-0.05, 0) is 92.4 Å². The number of hydrogen-bond acceptors (Lipinski definition) is 2. The zero-order valence-corrected chi connectivity index (χ0v) is 19.2. The van der Waals surface area contributed by atoms with Crippen molar-refractivity contribution in [3.05, 3.63) is 23.3 Å². The summed E-state index contributed by atoms with van der Waals surface area (Å²) in [4.78, 5) is 25.7. The van der Waals surface area contributed by atoms with Crippen LogP contribution in [0.15, 0.2) is 23.3 Å². The van der Waals surface area contributed by atoms with E-state index in [1.807, 2.05) is 6.08 Å². The first-order valence-corrected chi connectivity index (χ1v) is 12.1. The van der Waals surface area contributed by atoms with E-state index in [4.69, 9.17) is 0 Å². The Kier molecular flexibility index (Phi) is 5.45. The van der Waals surface area contributed by atoms with E-state index < -0.39 is 0 Å². The first kappa shape index (κ1) is 21.1. The molecule has 0 saturated heterocycles. The third kappa shape index (κ3) is 3.39. The second-order valence-electron chi connectivity index (χ2n) is 11.5. The zero-order valence-electron chi connectivity index (χ0n) is 19.2. The molecule has 2 nitrogen and oxygen atoms in total. The van der Waals surface area contributed by atoms with Crippen LogP contribution in [0.2, 0.25) is 0 Å². The number of hydrogen-bond donors (Lipinski definition) is 0. The Morgan fingerprint density at radius 3 is 2.66 bits per heavy atom. The maximum atomic E-state index is 13.7. The lowest BCUT2D eigenvalue weighted by atomic mass is 9.46. The molecule has 2 heteroatoms. The van der Waals surface area contributed by atoms with E-state index >= 15 is 0 Å². The maximum absolute atomic E-state index is 13.7. The van der Waals surface area contributed by atoms with Crippen LogP contribution in [0.1, 0.15) is 92.4 Å². The number of Topliss-reactive ketones (excluding diaryl/α,β-unsaturated/α-hetero) is 1. The van der Waals surface area contributed by atoms with E-state index in [1.54, 1.807) is 0 Å². The number of carbonyl (C=O) groups excluding carboxylic acids is 2. The molecule has 3 fully saturated rings. The van der Waals surface area contributed by atoms with Crippen LogP contribution in [0, 0.1) is 40.4 Å². The highest BCUT2D eigenvalue weighted by molar-refractivity contribution is 5.93. The van der Waals surface area contributed by atoms with Gasteiger partial charge in [0.2, 0.25) is 0 Å². The van der Waals surface area contributed by atoms with Gasteiger partial charge >= 0.3 is 0 Å². The summed E-state index contributed by atoms with van der Waals surface area (Å²) >= 11 is 0. The van der Waals surface area contributed by atoms with E-state index in [-0.39, 0.29) is 22.5 Å². The summed E-state index contributed by atoms with van der Waals surface area (Å²) in [5.41, 5.74) is 2.90. The predicted octanol–water partition coefficient (Wildman–Crippen LogP) is 6.70. The van der Waals surface area contributed by atoms with Gasteiger partial charge in [0.05, 0.1) is 0 Å². The number of allylic oxidation sites excluding steroid dienone is 3. The fourth-order valence-electron chi connectivity index (χ4n) is 7.92. The summed E-state index contributed by atoms with van der Waals surface area (Å²) in [6, 6.07) is 0. The third-order valence-electron chi connectivity index (χ3n) is 9.41. The summed E-state index contributed by atoms with van der Waals surface area (Å²) in [5.74, 6) is 3.42. The quantitative estimate of drug-likeness (QED) is 0.496. The second-order valence-corrected chi connectivity index (χ2v) is 11.5. The summed E-state index contributed by atoms with van der Waals surface area (Å²) < 4.78 is 0. The van der Waals surface area contributed by atoms with Gasteiger partial charge in [0.15, 0.2) is 5.78 Å². The molecule has 4 aliphatic carbocycles. The normalized spacial score (nSPS) is 42.4. The Morgan fingerprint density at radius 1 is 1.17 bits per heavy atom. The largest absolute Gasteiger partial charge is 0.299 e. The van der Waals surface area contributed by atoms with Crippen molar-refractivity contribution < 1.29 is 9.59 Å². The van der Waals surface area contributed by atoms with Crippen molar-refractivity contribution in [1.82, 2.24) is 0 Å². The van der Waals surface area contributed by atoms with Gasteiger partial charge in [-0.25, -0.2) is 0 Å². The van der Waals surface area contributed by atoms with Crippen LogP contribution in [-0.4, -0.2) is 11.6 Å². The van der Waals surface area contributed by atoms with E-state index in [0.29, 0.717) is 30.0 Å². The molecule has 3 saturated carbocycles. The molecule has 0 heterocycles. The lowest BCUT2D eigenvalue weighted by Gasteiger charge is -2.57. The van der Waals surface area contributed by atoms with Crippen molar-refractivity contribution in [3.8, 4) is 0 Å². The third-order valence-corrected chi connectivity index (χ3v) is 9.41. The first-order chi connectivity index (χ1) is 13.7. The first-order valence-electron chi connectivity index (χ1n) is 12.1. The van der Waals surface area contributed by atoms with Gasteiger partial charge < -0.3 is 0 Å². The smallest absolute Gasteiger partial charge is 0.155 e. The van der Waals surface area contributed by atoms with Gasteiger partial charge in [-0.3, -0.25) is 9.59 Å². The van der Waals surface area contributed by atoms with Crippen LogP contribution in [-0.2, 0) is 9.59 Å². The van der Waals surface area contributed by atoms with Crippen LogP contribution < -0.4 is 0 Å².